The Labute approximate surface area is 170 Å². The number of thiophene rings is 1. The van der Waals surface area contributed by atoms with E-state index in [1.54, 1.807) is 9.80 Å². The van der Waals surface area contributed by atoms with Crippen LogP contribution in [0.1, 0.15) is 22.3 Å². The third-order valence-electron chi connectivity index (χ3n) is 5.83. The van der Waals surface area contributed by atoms with Crippen molar-refractivity contribution in [3.63, 3.8) is 0 Å². The fourth-order valence-corrected chi connectivity index (χ4v) is 4.70. The fourth-order valence-electron chi connectivity index (χ4n) is 4.06. The second-order valence-corrected chi connectivity index (χ2v) is 8.37. The Morgan fingerprint density at radius 3 is 2.48 bits per heavy atom. The van der Waals surface area contributed by atoms with Crippen molar-refractivity contribution in [2.75, 3.05) is 38.1 Å². The van der Waals surface area contributed by atoms with Gasteiger partial charge in [-0.3, -0.25) is 14.5 Å². The molecule has 1 atom stereocenters. The molecule has 2 aromatic rings. The summed E-state index contributed by atoms with van der Waals surface area (Å²) in [5.41, 5.74) is -0.0413. The van der Waals surface area contributed by atoms with Gasteiger partial charge in [-0.2, -0.15) is 24.5 Å². The van der Waals surface area contributed by atoms with Crippen LogP contribution >= 0.6 is 11.3 Å². The lowest BCUT2D eigenvalue weighted by Gasteiger charge is -2.46. The van der Waals surface area contributed by atoms with Gasteiger partial charge >= 0.3 is 6.18 Å². The molecule has 0 unspecified atom stereocenters. The number of carbonyl (C=O) groups excluding carboxylic acids is 2. The van der Waals surface area contributed by atoms with Crippen molar-refractivity contribution in [1.82, 2.24) is 9.80 Å². The number of nitrogens with zero attached hydrogens (tertiary/aromatic N) is 3. The van der Waals surface area contributed by atoms with Crippen LogP contribution in [0.3, 0.4) is 0 Å². The van der Waals surface area contributed by atoms with Gasteiger partial charge in [0.1, 0.15) is 0 Å². The van der Waals surface area contributed by atoms with E-state index in [2.05, 4.69) is 0 Å². The lowest BCUT2D eigenvalue weighted by atomic mass is 9.93. The molecule has 4 rings (SSSR count). The van der Waals surface area contributed by atoms with Gasteiger partial charge in [-0.25, -0.2) is 0 Å². The second kappa shape index (κ2) is 7.14. The first-order valence-corrected chi connectivity index (χ1v) is 10.1. The maximum absolute atomic E-state index is 12.9. The van der Waals surface area contributed by atoms with Crippen molar-refractivity contribution in [3.05, 3.63) is 52.2 Å². The molecule has 1 spiro atoms. The molecule has 1 aromatic heterocycles. The van der Waals surface area contributed by atoms with E-state index >= 15 is 0 Å². The zero-order chi connectivity index (χ0) is 20.8. The monoisotopic (exact) mass is 423 g/mol. The van der Waals surface area contributed by atoms with Gasteiger partial charge in [-0.05, 0) is 49.2 Å². The van der Waals surface area contributed by atoms with E-state index in [-0.39, 0.29) is 29.5 Å². The first-order chi connectivity index (χ1) is 13.7. The van der Waals surface area contributed by atoms with Gasteiger partial charge in [0, 0.05) is 30.6 Å². The molecule has 1 aromatic carbocycles. The second-order valence-electron chi connectivity index (χ2n) is 7.59. The van der Waals surface area contributed by atoms with Crippen LogP contribution in [-0.4, -0.2) is 60.4 Å². The smallest absolute Gasteiger partial charge is 0.337 e. The maximum Gasteiger partial charge on any atom is 0.416 e. The van der Waals surface area contributed by atoms with Crippen molar-refractivity contribution in [2.45, 2.75) is 18.1 Å². The van der Waals surface area contributed by atoms with E-state index in [0.29, 0.717) is 26.1 Å². The molecule has 29 heavy (non-hydrogen) atoms. The molecule has 9 heteroatoms. The lowest BCUT2D eigenvalue weighted by Crippen LogP contribution is -2.64. The largest absolute Gasteiger partial charge is 0.416 e. The van der Waals surface area contributed by atoms with Gasteiger partial charge in [-0.15, -0.1) is 0 Å². The molecule has 2 aliphatic rings. The predicted octanol–water partition coefficient (Wildman–Crippen LogP) is 3.33. The number of likely N-dealkylation sites (tertiary alicyclic amines) is 1. The zero-order valence-electron chi connectivity index (χ0n) is 15.8. The topological polar surface area (TPSA) is 43.9 Å². The summed E-state index contributed by atoms with van der Waals surface area (Å²) in [4.78, 5) is 30.8. The Morgan fingerprint density at radius 1 is 1.14 bits per heavy atom. The summed E-state index contributed by atoms with van der Waals surface area (Å²) in [5.74, 6) is -0.271. The molecular formula is C20H20F3N3O2S. The number of carbonyl (C=O) groups is 2. The van der Waals surface area contributed by atoms with Crippen LogP contribution < -0.4 is 4.90 Å². The molecule has 0 bridgehead atoms. The molecule has 0 N–H and O–H groups in total. The van der Waals surface area contributed by atoms with E-state index in [4.69, 9.17) is 0 Å². The molecule has 3 heterocycles. The Hall–Kier alpha value is -2.39. The van der Waals surface area contributed by atoms with E-state index in [9.17, 15) is 22.8 Å². The van der Waals surface area contributed by atoms with E-state index in [0.717, 1.165) is 17.8 Å². The van der Waals surface area contributed by atoms with E-state index < -0.39 is 11.7 Å². The van der Waals surface area contributed by atoms with E-state index in [1.807, 2.05) is 28.8 Å². The zero-order valence-corrected chi connectivity index (χ0v) is 16.6. The minimum Gasteiger partial charge on any atom is -0.337 e. The Bertz CT molecular complexity index is 914. The highest BCUT2D eigenvalue weighted by Gasteiger charge is 2.48. The molecule has 2 fully saturated rings. The van der Waals surface area contributed by atoms with Gasteiger partial charge in [-0.1, -0.05) is 0 Å². The highest BCUT2D eigenvalue weighted by Crippen LogP contribution is 2.35. The number of halogens is 3. The van der Waals surface area contributed by atoms with Crippen LogP contribution in [0.15, 0.2) is 41.1 Å². The average Bonchev–Trinajstić information content (AvgIpc) is 3.35. The van der Waals surface area contributed by atoms with Crippen molar-refractivity contribution in [1.29, 1.82) is 0 Å². The van der Waals surface area contributed by atoms with Gasteiger partial charge in [0.05, 0.1) is 23.3 Å². The average molecular weight is 423 g/mol. The Balaban J connectivity index is 1.51. The van der Waals surface area contributed by atoms with Crippen molar-refractivity contribution in [3.8, 4) is 0 Å². The highest BCUT2D eigenvalue weighted by atomic mass is 32.1. The van der Waals surface area contributed by atoms with Crippen molar-refractivity contribution in [2.24, 2.45) is 0 Å². The van der Waals surface area contributed by atoms with Crippen LogP contribution in [-0.2, 0) is 11.0 Å². The fraction of sp³-hybridized carbons (Fsp3) is 0.400. The van der Waals surface area contributed by atoms with E-state index in [1.165, 1.54) is 23.5 Å². The first-order valence-electron chi connectivity index (χ1n) is 9.20. The molecule has 2 saturated heterocycles. The van der Waals surface area contributed by atoms with Crippen LogP contribution in [0.4, 0.5) is 18.9 Å². The summed E-state index contributed by atoms with van der Waals surface area (Å²) < 4.78 is 38.3. The molecule has 0 aliphatic carbocycles. The summed E-state index contributed by atoms with van der Waals surface area (Å²) in [5, 5.41) is 3.85. The number of anilines is 1. The standard InChI is InChI=1S/C20H20F3N3O2S/c1-24-10-17(27)26(16-6-9-29-11-16)13-19(24)7-8-25(12-19)18(28)14-2-4-15(5-3-14)20(21,22)23/h2-6,9,11H,7-8,10,12-13H2,1H3/t19-/m0/s1. The maximum atomic E-state index is 12.9. The van der Waals surface area contributed by atoms with Crippen LogP contribution in [0.2, 0.25) is 0 Å². The molecule has 0 saturated carbocycles. The number of likely N-dealkylation sites (N-methyl/N-ethyl adjacent to an activating group) is 1. The summed E-state index contributed by atoms with van der Waals surface area (Å²) in [6.45, 7) is 1.67. The molecule has 0 radical (unpaired) electrons. The SMILES string of the molecule is CN1CC(=O)N(c2ccsc2)C[C@@]12CCN(C(=O)c1ccc(C(F)(F)F)cc1)C2. The van der Waals surface area contributed by atoms with Crippen LogP contribution in [0, 0.1) is 0 Å². The summed E-state index contributed by atoms with van der Waals surface area (Å²) >= 11 is 1.52. The third kappa shape index (κ3) is 3.64. The number of benzene rings is 1. The molecule has 2 amide bonds. The van der Waals surface area contributed by atoms with Crippen LogP contribution in [0.5, 0.6) is 0 Å². The number of amides is 2. The van der Waals surface area contributed by atoms with Crippen molar-refractivity contribution < 1.29 is 22.8 Å². The number of hydrogen-bond donors (Lipinski definition) is 0. The van der Waals surface area contributed by atoms with Gasteiger partial charge < -0.3 is 9.80 Å². The number of alkyl halides is 3. The highest BCUT2D eigenvalue weighted by molar-refractivity contribution is 7.08. The summed E-state index contributed by atoms with van der Waals surface area (Å²) in [6.07, 6.45) is -3.73. The minimum absolute atomic E-state index is 0.0176. The molecular weight excluding hydrogens is 403 g/mol. The van der Waals surface area contributed by atoms with Gasteiger partial charge in [0.25, 0.3) is 5.91 Å². The third-order valence-corrected chi connectivity index (χ3v) is 6.50. The van der Waals surface area contributed by atoms with Crippen molar-refractivity contribution >= 4 is 28.8 Å². The number of rotatable bonds is 2. The number of hydrogen-bond acceptors (Lipinski definition) is 4. The Morgan fingerprint density at radius 2 is 1.86 bits per heavy atom. The quantitative estimate of drug-likeness (QED) is 0.744. The summed E-state index contributed by atoms with van der Waals surface area (Å²) in [7, 11) is 1.88. The first kappa shape index (κ1) is 19.9. The molecule has 5 nitrogen and oxygen atoms in total. The molecule has 154 valence electrons. The molecule has 2 aliphatic heterocycles. The summed E-state index contributed by atoms with van der Waals surface area (Å²) in [6, 6.07) is 6.22. The minimum atomic E-state index is -4.43. The van der Waals surface area contributed by atoms with Crippen LogP contribution in [0.25, 0.3) is 0 Å². The predicted molar refractivity (Wildman–Crippen MR) is 104 cm³/mol. The number of piperazine rings is 1. The van der Waals surface area contributed by atoms with Gasteiger partial charge in [0.2, 0.25) is 5.91 Å². The Kier molecular flexibility index (Phi) is 4.90. The normalized spacial score (nSPS) is 23.2. The van der Waals surface area contributed by atoms with Gasteiger partial charge in [0.15, 0.2) is 0 Å². The lowest BCUT2D eigenvalue weighted by molar-refractivity contribution is -0.137.